The Morgan fingerprint density at radius 3 is 2.82 bits per heavy atom. The van der Waals surface area contributed by atoms with Crippen molar-refractivity contribution >= 4 is 21.9 Å². The lowest BCUT2D eigenvalue weighted by Crippen LogP contribution is -2.12. The van der Waals surface area contributed by atoms with Crippen LogP contribution in [0.3, 0.4) is 0 Å². The fraction of sp³-hybridized carbons (Fsp3) is 0.417. The van der Waals surface area contributed by atoms with E-state index in [0.717, 1.165) is 5.56 Å². The molecule has 0 fully saturated rings. The molecule has 0 aliphatic heterocycles. The molecule has 3 nitrogen and oxygen atoms in total. The summed E-state index contributed by atoms with van der Waals surface area (Å²) in [5, 5.41) is 9.83. The zero-order chi connectivity index (χ0) is 13.0. The highest BCUT2D eigenvalue weighted by atomic mass is 79.9. The van der Waals surface area contributed by atoms with E-state index in [1.807, 2.05) is 0 Å². The van der Waals surface area contributed by atoms with Crippen LogP contribution in [0.5, 0.6) is 0 Å². The number of aryl methyl sites for hydroxylation is 1. The van der Waals surface area contributed by atoms with Crippen molar-refractivity contribution < 1.29 is 19.0 Å². The summed E-state index contributed by atoms with van der Waals surface area (Å²) in [6.07, 6.45) is -1.46. The molecule has 5 heteroatoms. The summed E-state index contributed by atoms with van der Waals surface area (Å²) < 4.78 is 18.8. The van der Waals surface area contributed by atoms with E-state index in [4.69, 9.17) is 4.74 Å². The summed E-state index contributed by atoms with van der Waals surface area (Å²) >= 11 is 3.21. The minimum atomic E-state index is -1.21. The predicted molar refractivity (Wildman–Crippen MR) is 65.0 cm³/mol. The minimum absolute atomic E-state index is 0.0954. The highest BCUT2D eigenvalue weighted by molar-refractivity contribution is 9.10. The highest BCUT2D eigenvalue weighted by Crippen LogP contribution is 2.31. The van der Waals surface area contributed by atoms with E-state index >= 15 is 0 Å². The summed E-state index contributed by atoms with van der Waals surface area (Å²) in [6.45, 7) is 3.70. The molecule has 1 aromatic rings. The molecule has 17 heavy (non-hydrogen) atoms. The lowest BCUT2D eigenvalue weighted by atomic mass is 10.0. The lowest BCUT2D eigenvalue weighted by molar-refractivity contribution is -0.145. The average Bonchev–Trinajstić information content (AvgIpc) is 2.24. The van der Waals surface area contributed by atoms with Crippen LogP contribution in [0.2, 0.25) is 0 Å². The van der Waals surface area contributed by atoms with Gasteiger partial charge in [0.2, 0.25) is 0 Å². The lowest BCUT2D eigenvalue weighted by Gasteiger charge is -2.14. The Kier molecular flexibility index (Phi) is 5.08. The van der Waals surface area contributed by atoms with E-state index in [1.165, 1.54) is 6.07 Å². The zero-order valence-corrected chi connectivity index (χ0v) is 11.3. The Hall–Kier alpha value is -0.940. The van der Waals surface area contributed by atoms with E-state index in [1.54, 1.807) is 19.9 Å². The molecule has 1 atom stereocenters. The van der Waals surface area contributed by atoms with Crippen molar-refractivity contribution in [1.82, 2.24) is 0 Å². The Morgan fingerprint density at radius 1 is 1.59 bits per heavy atom. The highest BCUT2D eigenvalue weighted by Gasteiger charge is 2.21. The molecule has 1 unspecified atom stereocenters. The van der Waals surface area contributed by atoms with Gasteiger partial charge in [-0.2, -0.15) is 0 Å². The molecule has 1 N–H and O–H groups in total. The van der Waals surface area contributed by atoms with E-state index in [0.29, 0.717) is 4.47 Å². The van der Waals surface area contributed by atoms with Crippen molar-refractivity contribution in [3.05, 3.63) is 33.5 Å². The summed E-state index contributed by atoms with van der Waals surface area (Å²) in [6, 6.07) is 2.86. The summed E-state index contributed by atoms with van der Waals surface area (Å²) in [4.78, 5) is 11.2. The monoisotopic (exact) mass is 304 g/mol. The first-order valence-corrected chi connectivity index (χ1v) is 6.04. The Labute approximate surface area is 108 Å². The van der Waals surface area contributed by atoms with Gasteiger partial charge in [-0.05, 0) is 25.5 Å². The van der Waals surface area contributed by atoms with Crippen LogP contribution in [0.1, 0.15) is 30.6 Å². The van der Waals surface area contributed by atoms with Gasteiger partial charge < -0.3 is 9.84 Å². The largest absolute Gasteiger partial charge is 0.466 e. The second-order valence-corrected chi connectivity index (χ2v) is 4.41. The molecule has 1 rings (SSSR count). The molecule has 0 aromatic heterocycles. The molecule has 0 radical (unpaired) electrons. The van der Waals surface area contributed by atoms with Crippen molar-refractivity contribution in [2.75, 3.05) is 6.61 Å². The topological polar surface area (TPSA) is 46.5 Å². The van der Waals surface area contributed by atoms with Gasteiger partial charge in [0.1, 0.15) is 5.82 Å². The molecule has 94 valence electrons. The van der Waals surface area contributed by atoms with Gasteiger partial charge >= 0.3 is 5.97 Å². The number of esters is 1. The number of aliphatic hydroxyl groups is 1. The van der Waals surface area contributed by atoms with E-state index in [9.17, 15) is 14.3 Å². The zero-order valence-electron chi connectivity index (χ0n) is 9.67. The third-order valence-electron chi connectivity index (χ3n) is 2.32. The van der Waals surface area contributed by atoms with Crippen molar-refractivity contribution in [3.8, 4) is 0 Å². The third kappa shape index (κ3) is 3.51. The molecule has 0 bridgehead atoms. The van der Waals surface area contributed by atoms with Gasteiger partial charge in [0.25, 0.3) is 0 Å². The Balaban J connectivity index is 2.92. The molecule has 1 aromatic carbocycles. The second-order valence-electron chi connectivity index (χ2n) is 3.62. The number of ether oxygens (including phenoxy) is 1. The molecule has 0 aliphatic carbocycles. The standard InChI is InChI=1S/C12H14BrFO3/c1-3-17-10(16)6-9(15)11-8(14)5-4-7(2)12(11)13/h4-5,9,15H,3,6H2,1-2H3. The molecule has 0 saturated carbocycles. The molecule has 0 heterocycles. The van der Waals surface area contributed by atoms with Gasteiger partial charge in [-0.1, -0.05) is 22.0 Å². The summed E-state index contributed by atoms with van der Waals surface area (Å²) in [5.41, 5.74) is 0.891. The minimum Gasteiger partial charge on any atom is -0.466 e. The molecular formula is C12H14BrFO3. The molecule has 0 saturated heterocycles. The van der Waals surface area contributed by atoms with Crippen molar-refractivity contribution in [2.45, 2.75) is 26.4 Å². The molecule has 0 amide bonds. The maximum Gasteiger partial charge on any atom is 0.308 e. The molecule has 0 spiro atoms. The van der Waals surface area contributed by atoms with Crippen LogP contribution in [-0.4, -0.2) is 17.7 Å². The van der Waals surface area contributed by atoms with Crippen LogP contribution in [0, 0.1) is 12.7 Å². The van der Waals surface area contributed by atoms with Gasteiger partial charge in [-0.15, -0.1) is 0 Å². The summed E-state index contributed by atoms with van der Waals surface area (Å²) in [5.74, 6) is -1.09. The predicted octanol–water partition coefficient (Wildman–Crippen LogP) is 2.88. The number of carbonyl (C=O) groups is 1. The van der Waals surface area contributed by atoms with Gasteiger partial charge in [0.15, 0.2) is 0 Å². The van der Waals surface area contributed by atoms with Gasteiger partial charge in [-0.3, -0.25) is 4.79 Å². The van der Waals surface area contributed by atoms with Gasteiger partial charge in [0.05, 0.1) is 19.1 Å². The van der Waals surface area contributed by atoms with Crippen LogP contribution in [0.25, 0.3) is 0 Å². The Morgan fingerprint density at radius 2 is 2.24 bits per heavy atom. The number of carbonyl (C=O) groups excluding carboxylic acids is 1. The molecule has 0 aliphatic rings. The van der Waals surface area contributed by atoms with Gasteiger partial charge in [0, 0.05) is 10.0 Å². The number of halogens is 2. The fourth-order valence-corrected chi connectivity index (χ4v) is 2.05. The second kappa shape index (κ2) is 6.12. The van der Waals surface area contributed by atoms with Crippen LogP contribution in [-0.2, 0) is 9.53 Å². The van der Waals surface area contributed by atoms with Crippen molar-refractivity contribution in [2.24, 2.45) is 0 Å². The van der Waals surface area contributed by atoms with Crippen molar-refractivity contribution in [1.29, 1.82) is 0 Å². The number of hydrogen-bond acceptors (Lipinski definition) is 3. The van der Waals surface area contributed by atoms with E-state index < -0.39 is 17.9 Å². The first-order chi connectivity index (χ1) is 7.97. The molecular weight excluding hydrogens is 291 g/mol. The van der Waals surface area contributed by atoms with Gasteiger partial charge in [-0.25, -0.2) is 4.39 Å². The van der Waals surface area contributed by atoms with Crippen molar-refractivity contribution in [3.63, 3.8) is 0 Å². The smallest absolute Gasteiger partial charge is 0.308 e. The Bertz CT molecular complexity index is 420. The first-order valence-electron chi connectivity index (χ1n) is 5.25. The quantitative estimate of drug-likeness (QED) is 0.870. The van der Waals surface area contributed by atoms with Crippen LogP contribution in [0.4, 0.5) is 4.39 Å². The number of hydrogen-bond donors (Lipinski definition) is 1. The third-order valence-corrected chi connectivity index (χ3v) is 3.37. The number of aliphatic hydroxyl groups excluding tert-OH is 1. The number of rotatable bonds is 4. The first kappa shape index (κ1) is 14.1. The van der Waals surface area contributed by atoms with E-state index in [2.05, 4.69) is 15.9 Å². The SMILES string of the molecule is CCOC(=O)CC(O)c1c(F)ccc(C)c1Br. The van der Waals surface area contributed by atoms with Crippen LogP contribution < -0.4 is 0 Å². The maximum atomic E-state index is 13.6. The van der Waals surface area contributed by atoms with Crippen LogP contribution in [0.15, 0.2) is 16.6 Å². The average molecular weight is 305 g/mol. The fourth-order valence-electron chi connectivity index (χ4n) is 1.46. The number of benzene rings is 1. The normalized spacial score (nSPS) is 12.3. The summed E-state index contributed by atoms with van der Waals surface area (Å²) in [7, 11) is 0. The van der Waals surface area contributed by atoms with E-state index in [-0.39, 0.29) is 18.6 Å². The van der Waals surface area contributed by atoms with Crippen LogP contribution >= 0.6 is 15.9 Å². The maximum absolute atomic E-state index is 13.6.